The van der Waals surface area contributed by atoms with Crippen LogP contribution in [-0.2, 0) is 14.9 Å². The molecular formula is C21H23NO2. The largest absolute Gasteiger partial charge is 0.468 e. The van der Waals surface area contributed by atoms with Crippen LogP contribution in [0.4, 0.5) is 5.69 Å². The summed E-state index contributed by atoms with van der Waals surface area (Å²) in [7, 11) is 1.39. The average molecular weight is 321 g/mol. The van der Waals surface area contributed by atoms with Crippen LogP contribution in [0.25, 0.3) is 0 Å². The number of benzene rings is 2. The van der Waals surface area contributed by atoms with Crippen molar-refractivity contribution in [1.82, 2.24) is 0 Å². The summed E-state index contributed by atoms with van der Waals surface area (Å²) in [5.41, 5.74) is 10.7. The first-order valence-corrected chi connectivity index (χ1v) is 7.83. The molecule has 0 radical (unpaired) electrons. The summed E-state index contributed by atoms with van der Waals surface area (Å²) >= 11 is 0. The van der Waals surface area contributed by atoms with Crippen LogP contribution in [0.1, 0.15) is 41.7 Å². The topological polar surface area (TPSA) is 52.3 Å². The molecule has 0 spiro atoms. The molecule has 0 aliphatic rings. The summed E-state index contributed by atoms with van der Waals surface area (Å²) in [4.78, 5) is 12.0. The van der Waals surface area contributed by atoms with Gasteiger partial charge < -0.3 is 10.5 Å². The van der Waals surface area contributed by atoms with Gasteiger partial charge in [-0.15, -0.1) is 0 Å². The molecule has 0 bridgehead atoms. The molecule has 2 aromatic carbocycles. The highest BCUT2D eigenvalue weighted by molar-refractivity contribution is 5.82. The average Bonchev–Trinajstić information content (AvgIpc) is 2.52. The Bertz CT molecular complexity index is 818. The van der Waals surface area contributed by atoms with Crippen LogP contribution >= 0.6 is 0 Å². The summed E-state index contributed by atoms with van der Waals surface area (Å²) in [5.74, 6) is 5.99. The Labute approximate surface area is 143 Å². The Balaban J connectivity index is 2.44. The Morgan fingerprint density at radius 2 is 1.67 bits per heavy atom. The first-order valence-electron chi connectivity index (χ1n) is 7.83. The second kappa shape index (κ2) is 6.80. The lowest BCUT2D eigenvalue weighted by Crippen LogP contribution is -2.30. The lowest BCUT2D eigenvalue weighted by molar-refractivity contribution is -0.146. The van der Waals surface area contributed by atoms with Crippen molar-refractivity contribution in [2.75, 3.05) is 12.8 Å². The molecule has 2 aromatic rings. The van der Waals surface area contributed by atoms with Gasteiger partial charge >= 0.3 is 5.97 Å². The van der Waals surface area contributed by atoms with Gasteiger partial charge in [-0.05, 0) is 68.7 Å². The molecule has 0 fully saturated rings. The Kier molecular flexibility index (Phi) is 4.99. The standard InChI is InChI=1S/C21H23NO2/c1-14-10-15(2)12-16(11-14)6-7-17-13-18(8-9-19(17)22)21(3,4)20(23)24-5/h8-13H,22H2,1-5H3. The molecule has 0 unspecified atom stereocenters. The predicted octanol–water partition coefficient (Wildman–Crippen LogP) is 3.74. The third-order valence-electron chi connectivity index (χ3n) is 4.03. The molecule has 2 rings (SSSR count). The number of carbonyl (C=O) groups excluding carboxylic acids is 1. The fraction of sp³-hybridized carbons (Fsp3) is 0.286. The summed E-state index contributed by atoms with van der Waals surface area (Å²) in [5, 5.41) is 0. The number of nitrogen functional groups attached to an aromatic ring is 1. The monoisotopic (exact) mass is 321 g/mol. The highest BCUT2D eigenvalue weighted by atomic mass is 16.5. The van der Waals surface area contributed by atoms with Gasteiger partial charge in [-0.3, -0.25) is 4.79 Å². The van der Waals surface area contributed by atoms with Crippen LogP contribution in [0, 0.1) is 25.7 Å². The van der Waals surface area contributed by atoms with E-state index in [-0.39, 0.29) is 5.97 Å². The highest BCUT2D eigenvalue weighted by Gasteiger charge is 2.31. The fourth-order valence-electron chi connectivity index (χ4n) is 2.61. The second-order valence-electron chi connectivity index (χ2n) is 6.54. The van der Waals surface area contributed by atoms with Crippen molar-refractivity contribution in [3.8, 4) is 11.8 Å². The zero-order valence-electron chi connectivity index (χ0n) is 14.9. The Hall–Kier alpha value is -2.73. The van der Waals surface area contributed by atoms with E-state index in [1.54, 1.807) is 6.07 Å². The van der Waals surface area contributed by atoms with Crippen molar-refractivity contribution in [2.24, 2.45) is 0 Å². The normalized spacial score (nSPS) is 10.7. The van der Waals surface area contributed by atoms with E-state index in [1.807, 2.05) is 52.0 Å². The van der Waals surface area contributed by atoms with Crippen molar-refractivity contribution in [3.63, 3.8) is 0 Å². The molecule has 2 N–H and O–H groups in total. The van der Waals surface area contributed by atoms with E-state index in [4.69, 9.17) is 10.5 Å². The number of nitrogens with two attached hydrogens (primary N) is 1. The molecule has 0 saturated carbocycles. The molecule has 0 atom stereocenters. The van der Waals surface area contributed by atoms with Gasteiger partial charge in [-0.1, -0.05) is 24.0 Å². The minimum atomic E-state index is -0.751. The van der Waals surface area contributed by atoms with Gasteiger partial charge in [0.2, 0.25) is 0 Å². The van der Waals surface area contributed by atoms with E-state index in [1.165, 1.54) is 18.2 Å². The van der Waals surface area contributed by atoms with Crippen LogP contribution in [-0.4, -0.2) is 13.1 Å². The van der Waals surface area contributed by atoms with Crippen molar-refractivity contribution in [3.05, 3.63) is 64.2 Å². The number of methoxy groups -OCH3 is 1. The van der Waals surface area contributed by atoms with Crippen LogP contribution in [0.15, 0.2) is 36.4 Å². The molecule has 3 nitrogen and oxygen atoms in total. The quantitative estimate of drug-likeness (QED) is 0.521. The molecule has 0 aromatic heterocycles. The maximum Gasteiger partial charge on any atom is 0.315 e. The van der Waals surface area contributed by atoms with Crippen molar-refractivity contribution < 1.29 is 9.53 Å². The van der Waals surface area contributed by atoms with Crippen LogP contribution < -0.4 is 5.73 Å². The van der Waals surface area contributed by atoms with Gasteiger partial charge in [0.05, 0.1) is 12.5 Å². The molecule has 0 saturated heterocycles. The van der Waals surface area contributed by atoms with Crippen LogP contribution in [0.5, 0.6) is 0 Å². The van der Waals surface area contributed by atoms with Gasteiger partial charge in [-0.2, -0.15) is 0 Å². The van der Waals surface area contributed by atoms with Gasteiger partial charge in [0.25, 0.3) is 0 Å². The highest BCUT2D eigenvalue weighted by Crippen LogP contribution is 2.27. The van der Waals surface area contributed by atoms with E-state index in [9.17, 15) is 4.79 Å². The summed E-state index contributed by atoms with van der Waals surface area (Å²) in [6.45, 7) is 7.75. The number of hydrogen-bond acceptors (Lipinski definition) is 3. The van der Waals surface area contributed by atoms with E-state index in [0.717, 1.165) is 11.1 Å². The number of aryl methyl sites for hydroxylation is 2. The number of ether oxygens (including phenoxy) is 1. The maximum absolute atomic E-state index is 12.0. The Morgan fingerprint density at radius 3 is 2.25 bits per heavy atom. The molecular weight excluding hydrogens is 298 g/mol. The van der Waals surface area contributed by atoms with Gasteiger partial charge in [0.1, 0.15) is 0 Å². The van der Waals surface area contributed by atoms with E-state index < -0.39 is 5.41 Å². The van der Waals surface area contributed by atoms with Gasteiger partial charge in [0, 0.05) is 16.8 Å². The zero-order chi connectivity index (χ0) is 17.9. The lowest BCUT2D eigenvalue weighted by atomic mass is 9.83. The molecule has 3 heteroatoms. The number of anilines is 1. The minimum Gasteiger partial charge on any atom is -0.468 e. The van der Waals surface area contributed by atoms with E-state index in [0.29, 0.717) is 11.3 Å². The Morgan fingerprint density at radius 1 is 1.04 bits per heavy atom. The molecule has 0 heterocycles. The maximum atomic E-state index is 12.0. The molecule has 124 valence electrons. The van der Waals surface area contributed by atoms with E-state index in [2.05, 4.69) is 17.9 Å². The fourth-order valence-corrected chi connectivity index (χ4v) is 2.61. The predicted molar refractivity (Wildman–Crippen MR) is 97.8 cm³/mol. The van der Waals surface area contributed by atoms with Gasteiger partial charge in [-0.25, -0.2) is 0 Å². The minimum absolute atomic E-state index is 0.291. The SMILES string of the molecule is COC(=O)C(C)(C)c1ccc(N)c(C#Cc2cc(C)cc(C)c2)c1. The lowest BCUT2D eigenvalue weighted by Gasteiger charge is -2.22. The summed E-state index contributed by atoms with van der Waals surface area (Å²) in [6, 6.07) is 11.7. The smallest absolute Gasteiger partial charge is 0.315 e. The summed E-state index contributed by atoms with van der Waals surface area (Å²) < 4.78 is 4.89. The first kappa shape index (κ1) is 17.6. The molecule has 24 heavy (non-hydrogen) atoms. The molecule has 0 aliphatic heterocycles. The van der Waals surface area contributed by atoms with Crippen LogP contribution in [0.3, 0.4) is 0 Å². The molecule has 0 amide bonds. The number of carbonyl (C=O) groups is 1. The van der Waals surface area contributed by atoms with Crippen molar-refractivity contribution >= 4 is 11.7 Å². The summed E-state index contributed by atoms with van der Waals surface area (Å²) in [6.07, 6.45) is 0. The van der Waals surface area contributed by atoms with Crippen LogP contribution in [0.2, 0.25) is 0 Å². The van der Waals surface area contributed by atoms with E-state index >= 15 is 0 Å². The number of esters is 1. The third-order valence-corrected chi connectivity index (χ3v) is 4.03. The molecule has 0 aliphatic carbocycles. The number of rotatable bonds is 2. The zero-order valence-corrected chi connectivity index (χ0v) is 14.9. The van der Waals surface area contributed by atoms with Gasteiger partial charge in [0.15, 0.2) is 0 Å². The third kappa shape index (κ3) is 3.78. The second-order valence-corrected chi connectivity index (χ2v) is 6.54. The van der Waals surface area contributed by atoms with Crippen molar-refractivity contribution in [1.29, 1.82) is 0 Å². The number of hydrogen-bond donors (Lipinski definition) is 1. The van der Waals surface area contributed by atoms with Crippen molar-refractivity contribution in [2.45, 2.75) is 33.1 Å². The first-order chi connectivity index (χ1) is 11.2.